The molecule has 10 heteroatoms. The van der Waals surface area contributed by atoms with Crippen LogP contribution in [0.15, 0.2) is 64.0 Å². The van der Waals surface area contributed by atoms with Crippen LogP contribution < -0.4 is 14.2 Å². The van der Waals surface area contributed by atoms with E-state index in [1.807, 2.05) is 30.3 Å². The van der Waals surface area contributed by atoms with Gasteiger partial charge < -0.3 is 18.6 Å². The molecule has 1 N–H and O–H groups in total. The number of hydrogen-bond acceptors (Lipinski definition) is 8. The third kappa shape index (κ3) is 5.22. The maximum Gasteiger partial charge on any atom is 0.321 e. The number of sulfonamides is 1. The number of ether oxygens (including phenoxy) is 3. The summed E-state index contributed by atoms with van der Waals surface area (Å²) in [6.45, 7) is 0.185. The molecule has 0 aliphatic carbocycles. The number of fused-ring (bicyclic) bond motifs is 1. The first-order valence-electron chi connectivity index (χ1n) is 9.56. The number of carbonyl (C=O) groups is 1. The van der Waals surface area contributed by atoms with Gasteiger partial charge in [0.05, 0.1) is 24.3 Å². The standard InChI is InChI=1S/C21H20N2O7S/c24-21(29-14-20-22-12-19(30-20)15-5-2-1-3-6-15)13-23-31(25,26)16-7-8-17-18(11-16)28-10-4-9-27-17/h1-3,5-8,11-12,23H,4,9-10,13-14H2. The van der Waals surface area contributed by atoms with Crippen LogP contribution in [0.4, 0.5) is 0 Å². The summed E-state index contributed by atoms with van der Waals surface area (Å²) in [5.74, 6) is 0.815. The molecule has 162 valence electrons. The van der Waals surface area contributed by atoms with Crippen LogP contribution in [0.25, 0.3) is 11.3 Å². The van der Waals surface area contributed by atoms with Gasteiger partial charge in [0.1, 0.15) is 6.54 Å². The van der Waals surface area contributed by atoms with Crippen molar-refractivity contribution in [3.8, 4) is 22.8 Å². The SMILES string of the molecule is O=C(CNS(=O)(=O)c1ccc2c(c1)OCCCO2)OCc1ncc(-c2ccccc2)o1. The minimum Gasteiger partial charge on any atom is -0.490 e. The number of esters is 1. The smallest absolute Gasteiger partial charge is 0.321 e. The van der Waals surface area contributed by atoms with Crippen LogP contribution in [0.1, 0.15) is 12.3 Å². The molecule has 4 rings (SSSR count). The van der Waals surface area contributed by atoms with E-state index < -0.39 is 22.5 Å². The molecule has 0 fully saturated rings. The van der Waals surface area contributed by atoms with Crippen LogP contribution in [0.5, 0.6) is 11.5 Å². The fraction of sp³-hybridized carbons (Fsp3) is 0.238. The Morgan fingerprint density at radius 3 is 2.65 bits per heavy atom. The van der Waals surface area contributed by atoms with Crippen molar-refractivity contribution in [1.29, 1.82) is 0 Å². The highest BCUT2D eigenvalue weighted by Gasteiger charge is 2.20. The lowest BCUT2D eigenvalue weighted by atomic mass is 10.2. The molecule has 0 amide bonds. The Morgan fingerprint density at radius 2 is 1.84 bits per heavy atom. The largest absolute Gasteiger partial charge is 0.490 e. The third-order valence-electron chi connectivity index (χ3n) is 4.40. The number of hydrogen-bond donors (Lipinski definition) is 1. The van der Waals surface area contributed by atoms with Crippen molar-refractivity contribution in [3.63, 3.8) is 0 Å². The molecule has 1 aromatic heterocycles. The summed E-state index contributed by atoms with van der Waals surface area (Å²) >= 11 is 0. The predicted molar refractivity (Wildman–Crippen MR) is 109 cm³/mol. The summed E-state index contributed by atoms with van der Waals surface area (Å²) in [5, 5.41) is 0. The van der Waals surface area contributed by atoms with E-state index in [0.717, 1.165) is 5.56 Å². The molecule has 9 nitrogen and oxygen atoms in total. The zero-order valence-electron chi connectivity index (χ0n) is 16.4. The van der Waals surface area contributed by atoms with Gasteiger partial charge in [-0.15, -0.1) is 0 Å². The Labute approximate surface area is 179 Å². The summed E-state index contributed by atoms with van der Waals surface area (Å²) in [5.41, 5.74) is 0.843. The monoisotopic (exact) mass is 444 g/mol. The van der Waals surface area contributed by atoms with Crippen molar-refractivity contribution in [1.82, 2.24) is 9.71 Å². The average Bonchev–Trinajstić information content (AvgIpc) is 3.14. The number of benzene rings is 2. The van der Waals surface area contributed by atoms with Crippen LogP contribution in [-0.4, -0.2) is 39.1 Å². The lowest BCUT2D eigenvalue weighted by Crippen LogP contribution is -2.30. The van der Waals surface area contributed by atoms with Gasteiger partial charge in [-0.05, 0) is 12.1 Å². The van der Waals surface area contributed by atoms with Crippen molar-refractivity contribution in [3.05, 3.63) is 60.6 Å². The van der Waals surface area contributed by atoms with E-state index in [0.29, 0.717) is 36.9 Å². The molecule has 2 heterocycles. The Hall–Kier alpha value is -3.37. The molecule has 0 atom stereocenters. The minimum absolute atomic E-state index is 0.0373. The summed E-state index contributed by atoms with van der Waals surface area (Å²) in [6.07, 6.45) is 2.24. The zero-order valence-corrected chi connectivity index (χ0v) is 17.3. The van der Waals surface area contributed by atoms with Gasteiger partial charge in [0.15, 0.2) is 23.9 Å². The zero-order chi connectivity index (χ0) is 21.7. The molecule has 0 radical (unpaired) electrons. The Balaban J connectivity index is 1.31. The fourth-order valence-electron chi connectivity index (χ4n) is 2.85. The molecule has 0 spiro atoms. The maximum atomic E-state index is 12.5. The molecule has 0 saturated carbocycles. The highest BCUT2D eigenvalue weighted by atomic mass is 32.2. The molecule has 1 aliphatic heterocycles. The van der Waals surface area contributed by atoms with Gasteiger partial charge in [-0.2, -0.15) is 4.72 Å². The maximum absolute atomic E-state index is 12.5. The number of nitrogens with one attached hydrogen (secondary N) is 1. The van der Waals surface area contributed by atoms with Crippen molar-refractivity contribution in [2.45, 2.75) is 17.9 Å². The average molecular weight is 444 g/mol. The van der Waals surface area contributed by atoms with E-state index in [1.165, 1.54) is 24.4 Å². The van der Waals surface area contributed by atoms with E-state index >= 15 is 0 Å². The second-order valence-corrected chi connectivity index (χ2v) is 8.40. The van der Waals surface area contributed by atoms with Crippen molar-refractivity contribution < 1.29 is 31.8 Å². The van der Waals surface area contributed by atoms with Crippen LogP contribution in [0.3, 0.4) is 0 Å². The van der Waals surface area contributed by atoms with E-state index in [-0.39, 0.29) is 17.4 Å². The minimum atomic E-state index is -3.94. The van der Waals surface area contributed by atoms with Gasteiger partial charge in [-0.25, -0.2) is 13.4 Å². The molecule has 31 heavy (non-hydrogen) atoms. The first kappa shape index (κ1) is 20.9. The lowest BCUT2D eigenvalue weighted by molar-refractivity contribution is -0.144. The highest BCUT2D eigenvalue weighted by molar-refractivity contribution is 7.89. The second-order valence-electron chi connectivity index (χ2n) is 6.63. The van der Waals surface area contributed by atoms with E-state index in [1.54, 1.807) is 0 Å². The first-order chi connectivity index (χ1) is 15.0. The predicted octanol–water partition coefficient (Wildman–Crippen LogP) is 2.52. The number of oxazole rings is 1. The quantitative estimate of drug-likeness (QED) is 0.553. The van der Waals surface area contributed by atoms with Crippen LogP contribution >= 0.6 is 0 Å². The number of carbonyl (C=O) groups excluding carboxylic acids is 1. The molecule has 0 unspecified atom stereocenters. The fourth-order valence-corrected chi connectivity index (χ4v) is 3.84. The Bertz CT molecular complexity index is 1160. The van der Waals surface area contributed by atoms with E-state index in [4.69, 9.17) is 18.6 Å². The van der Waals surface area contributed by atoms with Crippen LogP contribution in [0.2, 0.25) is 0 Å². The van der Waals surface area contributed by atoms with Gasteiger partial charge in [0.2, 0.25) is 15.9 Å². The molecular weight excluding hydrogens is 424 g/mol. The summed E-state index contributed by atoms with van der Waals surface area (Å²) < 4.78 is 48.8. The summed E-state index contributed by atoms with van der Waals surface area (Å²) in [6, 6.07) is 13.6. The first-order valence-corrected chi connectivity index (χ1v) is 11.0. The number of rotatable bonds is 7. The molecule has 0 bridgehead atoms. The van der Waals surface area contributed by atoms with Crippen molar-refractivity contribution in [2.24, 2.45) is 0 Å². The number of aromatic nitrogens is 1. The molecular formula is C21H20N2O7S. The molecule has 3 aromatic rings. The van der Waals surface area contributed by atoms with Gasteiger partial charge >= 0.3 is 5.97 Å². The highest BCUT2D eigenvalue weighted by Crippen LogP contribution is 2.31. The molecule has 0 saturated heterocycles. The van der Waals surface area contributed by atoms with Crippen molar-refractivity contribution >= 4 is 16.0 Å². The molecule has 2 aromatic carbocycles. The van der Waals surface area contributed by atoms with Crippen molar-refractivity contribution in [2.75, 3.05) is 19.8 Å². The lowest BCUT2D eigenvalue weighted by Gasteiger charge is -2.10. The normalized spacial score (nSPS) is 13.4. The van der Waals surface area contributed by atoms with E-state index in [9.17, 15) is 13.2 Å². The van der Waals surface area contributed by atoms with Gasteiger partial charge in [0, 0.05) is 18.1 Å². The van der Waals surface area contributed by atoms with Gasteiger partial charge in [-0.1, -0.05) is 30.3 Å². The van der Waals surface area contributed by atoms with E-state index in [2.05, 4.69) is 9.71 Å². The second kappa shape index (κ2) is 9.19. The molecule has 1 aliphatic rings. The topological polar surface area (TPSA) is 117 Å². The van der Waals surface area contributed by atoms with Crippen LogP contribution in [0, 0.1) is 0 Å². The van der Waals surface area contributed by atoms with Gasteiger partial charge in [0.25, 0.3) is 0 Å². The summed E-state index contributed by atoms with van der Waals surface area (Å²) in [4.78, 5) is 16.0. The van der Waals surface area contributed by atoms with Gasteiger partial charge in [-0.3, -0.25) is 4.79 Å². The Kier molecular flexibility index (Phi) is 6.19. The van der Waals surface area contributed by atoms with Crippen LogP contribution in [-0.2, 0) is 26.2 Å². The third-order valence-corrected chi connectivity index (χ3v) is 5.80. The Morgan fingerprint density at radius 1 is 1.06 bits per heavy atom. The summed E-state index contributed by atoms with van der Waals surface area (Å²) in [7, 11) is -3.94. The number of nitrogens with zero attached hydrogens (tertiary/aromatic N) is 1.